The van der Waals surface area contributed by atoms with Crippen LogP contribution in [0, 0.1) is 0 Å². The van der Waals surface area contributed by atoms with Gasteiger partial charge in [-0.05, 0) is 6.92 Å². The number of anilines is 1. The van der Waals surface area contributed by atoms with Gasteiger partial charge in [-0.15, -0.1) is 23.1 Å². The van der Waals surface area contributed by atoms with E-state index in [-0.39, 0.29) is 40.2 Å². The van der Waals surface area contributed by atoms with Crippen LogP contribution in [0.5, 0.6) is 0 Å². The van der Waals surface area contributed by atoms with E-state index in [9.17, 15) is 29.1 Å². The fourth-order valence-electron chi connectivity index (χ4n) is 3.12. The van der Waals surface area contributed by atoms with Crippen LogP contribution in [0.2, 0.25) is 0 Å². The lowest BCUT2D eigenvalue weighted by molar-refractivity contribution is -0.150. The minimum absolute atomic E-state index is 0.136. The Kier molecular flexibility index (Phi) is 7.33. The fraction of sp³-hybridized carbons (Fsp3) is 0.389. The first-order chi connectivity index (χ1) is 15.6. The van der Waals surface area contributed by atoms with Gasteiger partial charge in [0.2, 0.25) is 0 Å². The highest BCUT2D eigenvalue weighted by Gasteiger charge is 2.54. The second-order valence-corrected chi connectivity index (χ2v) is 8.85. The minimum Gasteiger partial charge on any atom is -0.477 e. The normalized spacial score (nSPS) is 20.0. The van der Waals surface area contributed by atoms with Gasteiger partial charge in [-0.1, -0.05) is 5.16 Å². The number of carbonyl (C=O) groups excluding carboxylic acids is 4. The molecular weight excluding hydrogens is 478 g/mol. The third-order valence-electron chi connectivity index (χ3n) is 4.50. The quantitative estimate of drug-likeness (QED) is 0.129. The van der Waals surface area contributed by atoms with E-state index in [0.29, 0.717) is 0 Å². The van der Waals surface area contributed by atoms with Crippen LogP contribution in [0.4, 0.5) is 5.13 Å². The van der Waals surface area contributed by atoms with Crippen LogP contribution in [0.1, 0.15) is 19.0 Å². The molecule has 13 nitrogen and oxygen atoms in total. The van der Waals surface area contributed by atoms with Crippen molar-refractivity contribution in [3.63, 3.8) is 0 Å². The molecule has 15 heteroatoms. The largest absolute Gasteiger partial charge is 0.477 e. The summed E-state index contributed by atoms with van der Waals surface area (Å²) >= 11 is 2.28. The van der Waals surface area contributed by atoms with E-state index < -0.39 is 47.4 Å². The summed E-state index contributed by atoms with van der Waals surface area (Å²) in [5, 5.41) is 16.8. The summed E-state index contributed by atoms with van der Waals surface area (Å²) in [4.78, 5) is 69.6. The van der Waals surface area contributed by atoms with Gasteiger partial charge >= 0.3 is 11.9 Å². The predicted molar refractivity (Wildman–Crippen MR) is 116 cm³/mol. The number of oxime groups is 1. The van der Waals surface area contributed by atoms with Crippen molar-refractivity contribution in [1.82, 2.24) is 15.2 Å². The number of rotatable bonds is 9. The van der Waals surface area contributed by atoms with Gasteiger partial charge in [0.15, 0.2) is 10.8 Å². The highest BCUT2D eigenvalue weighted by atomic mass is 32.2. The number of nitrogen functional groups attached to an aromatic ring is 1. The van der Waals surface area contributed by atoms with Gasteiger partial charge in [0.05, 0.1) is 0 Å². The number of hydrogen-bond acceptors (Lipinski definition) is 12. The first kappa shape index (κ1) is 24.2. The van der Waals surface area contributed by atoms with Crippen LogP contribution in [-0.2, 0) is 33.5 Å². The SMILES string of the molecule is CO/N=C(/C(=O)N[C@@H]1C(=O)N2C(C(=O)O)=C(COC(=O)CC(C)=O)CS[C@H]12)c1csc(N)n1. The number of ether oxygens (including phenoxy) is 1. The average molecular weight is 498 g/mol. The number of carboxylic acid groups (broad SMARTS) is 1. The zero-order valence-corrected chi connectivity index (χ0v) is 19.0. The fourth-order valence-corrected chi connectivity index (χ4v) is 4.99. The molecule has 0 unspecified atom stereocenters. The number of fused-ring (bicyclic) bond motifs is 1. The number of hydrogen-bond donors (Lipinski definition) is 3. The van der Waals surface area contributed by atoms with Crippen molar-refractivity contribution in [2.75, 3.05) is 25.2 Å². The summed E-state index contributed by atoms with van der Waals surface area (Å²) in [5.41, 5.74) is 5.46. The molecule has 0 aromatic carbocycles. The second kappa shape index (κ2) is 9.99. The summed E-state index contributed by atoms with van der Waals surface area (Å²) in [6.07, 6.45) is -0.432. The minimum atomic E-state index is -1.38. The number of thioether (sulfide) groups is 1. The van der Waals surface area contributed by atoms with Crippen molar-refractivity contribution < 1.29 is 38.7 Å². The number of nitrogens with two attached hydrogens (primary N) is 1. The molecule has 1 aromatic rings. The first-order valence-corrected chi connectivity index (χ1v) is 11.2. The van der Waals surface area contributed by atoms with Gasteiger partial charge in [0.25, 0.3) is 11.8 Å². The molecule has 1 aromatic heterocycles. The van der Waals surface area contributed by atoms with Gasteiger partial charge in [0.1, 0.15) is 48.7 Å². The Morgan fingerprint density at radius 2 is 2.12 bits per heavy atom. The van der Waals surface area contributed by atoms with E-state index in [1.807, 2.05) is 0 Å². The molecule has 2 amide bonds. The number of ketones is 1. The van der Waals surface area contributed by atoms with Gasteiger partial charge in [-0.3, -0.25) is 24.1 Å². The maximum Gasteiger partial charge on any atom is 0.352 e. The topological polar surface area (TPSA) is 191 Å². The lowest BCUT2D eigenvalue weighted by Gasteiger charge is -2.49. The van der Waals surface area contributed by atoms with E-state index >= 15 is 0 Å². The molecule has 3 heterocycles. The average Bonchev–Trinajstić information content (AvgIpc) is 3.18. The molecule has 1 saturated heterocycles. The van der Waals surface area contributed by atoms with Gasteiger partial charge in [0, 0.05) is 16.7 Å². The Morgan fingerprint density at radius 3 is 2.70 bits per heavy atom. The smallest absolute Gasteiger partial charge is 0.352 e. The molecule has 2 atom stereocenters. The Labute approximate surface area is 195 Å². The van der Waals surface area contributed by atoms with E-state index in [1.165, 1.54) is 31.2 Å². The van der Waals surface area contributed by atoms with Crippen molar-refractivity contribution in [1.29, 1.82) is 0 Å². The Morgan fingerprint density at radius 1 is 1.39 bits per heavy atom. The van der Waals surface area contributed by atoms with Crippen LogP contribution >= 0.6 is 23.1 Å². The number of aliphatic carboxylic acids is 1. The number of nitrogens with one attached hydrogen (secondary N) is 1. The van der Waals surface area contributed by atoms with Gasteiger partial charge < -0.3 is 25.7 Å². The highest BCUT2D eigenvalue weighted by molar-refractivity contribution is 8.00. The number of aromatic nitrogens is 1. The molecule has 0 bridgehead atoms. The molecule has 2 aliphatic heterocycles. The van der Waals surface area contributed by atoms with E-state index in [4.69, 9.17) is 15.3 Å². The van der Waals surface area contributed by atoms with Gasteiger partial charge in [-0.25, -0.2) is 9.78 Å². The molecule has 4 N–H and O–H groups in total. The number of carbonyl (C=O) groups is 5. The zero-order chi connectivity index (χ0) is 24.3. The van der Waals surface area contributed by atoms with Crippen molar-refractivity contribution in [3.05, 3.63) is 22.3 Å². The highest BCUT2D eigenvalue weighted by Crippen LogP contribution is 2.40. The van der Waals surface area contributed by atoms with Crippen LogP contribution in [-0.4, -0.2) is 81.1 Å². The van der Waals surface area contributed by atoms with Gasteiger partial charge in [-0.2, -0.15) is 0 Å². The predicted octanol–water partition coefficient (Wildman–Crippen LogP) is -0.663. The Bertz CT molecular complexity index is 1080. The maximum atomic E-state index is 12.7. The Hall–Kier alpha value is -3.46. The lowest BCUT2D eigenvalue weighted by Crippen LogP contribution is -2.71. The molecule has 3 rings (SSSR count). The van der Waals surface area contributed by atoms with Crippen LogP contribution < -0.4 is 11.1 Å². The molecule has 33 heavy (non-hydrogen) atoms. The number of amides is 2. The maximum absolute atomic E-state index is 12.7. The second-order valence-electron chi connectivity index (χ2n) is 6.85. The summed E-state index contributed by atoms with van der Waals surface area (Å²) in [7, 11) is 1.24. The molecule has 176 valence electrons. The first-order valence-electron chi connectivity index (χ1n) is 9.32. The number of Topliss-reactive ketones (excluding diaryl/α,β-unsaturated/α-hetero) is 1. The lowest BCUT2D eigenvalue weighted by atomic mass is 10.0. The summed E-state index contributed by atoms with van der Waals surface area (Å²) in [6.45, 7) is 0.855. The molecule has 0 saturated carbocycles. The van der Waals surface area contributed by atoms with Crippen molar-refractivity contribution in [3.8, 4) is 0 Å². The van der Waals surface area contributed by atoms with E-state index in [1.54, 1.807) is 0 Å². The van der Waals surface area contributed by atoms with Crippen LogP contribution in [0.3, 0.4) is 0 Å². The standard InChI is InChI=1S/C18H19N5O8S2/c1-7(24)3-10(25)31-4-8-5-32-16-12(15(27)23(16)13(8)17(28)29)21-14(26)11(22-30-2)9-6-33-18(19)20-9/h6,12,16H,3-5H2,1-2H3,(H2,19,20)(H,21,26)(H,28,29)/b22-11+/t12-,16-/m1/s1. The van der Waals surface area contributed by atoms with Crippen molar-refractivity contribution in [2.45, 2.75) is 24.8 Å². The van der Waals surface area contributed by atoms with Crippen LogP contribution in [0.15, 0.2) is 21.8 Å². The number of nitrogens with zero attached hydrogens (tertiary/aromatic N) is 3. The Balaban J connectivity index is 1.73. The molecule has 2 aliphatic rings. The van der Waals surface area contributed by atoms with E-state index in [0.717, 1.165) is 16.2 Å². The number of thiazole rings is 1. The number of carboxylic acids is 1. The summed E-state index contributed by atoms with van der Waals surface area (Å²) in [5.74, 6) is -3.82. The van der Waals surface area contributed by atoms with E-state index in [2.05, 4.69) is 15.5 Å². The number of β-lactam (4-membered cyclic amide) rings is 1. The summed E-state index contributed by atoms with van der Waals surface area (Å²) in [6, 6.07) is -1.02. The third-order valence-corrected chi connectivity index (χ3v) is 6.51. The van der Waals surface area contributed by atoms with Crippen LogP contribution in [0.25, 0.3) is 0 Å². The molecular formula is C18H19N5O8S2. The molecule has 0 radical (unpaired) electrons. The zero-order valence-electron chi connectivity index (χ0n) is 17.4. The molecule has 0 aliphatic carbocycles. The summed E-state index contributed by atoms with van der Waals surface area (Å²) < 4.78 is 4.97. The van der Waals surface area contributed by atoms with Crippen molar-refractivity contribution in [2.24, 2.45) is 5.16 Å². The molecule has 0 spiro atoms. The third kappa shape index (κ3) is 5.14. The molecule has 1 fully saturated rings. The monoisotopic (exact) mass is 497 g/mol. The number of esters is 1. The van der Waals surface area contributed by atoms with Crippen molar-refractivity contribution >= 4 is 63.5 Å².